The highest BCUT2D eigenvalue weighted by Crippen LogP contribution is 2.28. The number of ether oxygens (including phenoxy) is 1. The molecule has 0 bridgehead atoms. The zero-order chi connectivity index (χ0) is 19.3. The van der Waals surface area contributed by atoms with Crippen LogP contribution in [0.15, 0.2) is 78.9 Å². The van der Waals surface area contributed by atoms with Crippen LogP contribution in [0.5, 0.6) is 5.75 Å². The normalized spacial score (nSPS) is 10.5. The fraction of sp³-hybridized carbons (Fsp3) is 0.0455. The molecule has 0 saturated heterocycles. The molecule has 1 amide bonds. The van der Waals surface area contributed by atoms with E-state index in [1.54, 1.807) is 7.11 Å². The number of nitrogens with zero attached hydrogens (tertiary/aromatic N) is 2. The largest absolute Gasteiger partial charge is 0.497 e. The first-order valence-electron chi connectivity index (χ1n) is 8.68. The zero-order valence-electron chi connectivity index (χ0n) is 15.1. The van der Waals surface area contributed by atoms with E-state index in [1.165, 1.54) is 11.3 Å². The van der Waals surface area contributed by atoms with Gasteiger partial charge in [0.2, 0.25) is 5.13 Å². The first-order chi connectivity index (χ1) is 13.7. The first-order valence-corrected chi connectivity index (χ1v) is 9.49. The van der Waals surface area contributed by atoms with Crippen molar-refractivity contribution >= 4 is 22.4 Å². The molecule has 0 saturated carbocycles. The number of carbonyl (C=O) groups is 1. The maximum atomic E-state index is 12.5. The molecule has 0 radical (unpaired) electrons. The van der Waals surface area contributed by atoms with Crippen LogP contribution in [0, 0.1) is 0 Å². The number of nitrogens with one attached hydrogen (secondary N) is 1. The lowest BCUT2D eigenvalue weighted by atomic mass is 10.0. The summed E-state index contributed by atoms with van der Waals surface area (Å²) in [6, 6.07) is 25.1. The number of carbonyl (C=O) groups excluding carboxylic acids is 1. The molecule has 0 spiro atoms. The Hall–Kier alpha value is -3.51. The van der Waals surface area contributed by atoms with Crippen LogP contribution in [0.25, 0.3) is 21.7 Å². The molecule has 1 heterocycles. The van der Waals surface area contributed by atoms with Gasteiger partial charge in [-0.2, -0.15) is 0 Å². The van der Waals surface area contributed by atoms with Gasteiger partial charge >= 0.3 is 0 Å². The minimum absolute atomic E-state index is 0.211. The number of hydrogen-bond acceptors (Lipinski definition) is 5. The molecule has 0 aliphatic carbocycles. The maximum absolute atomic E-state index is 12.5. The lowest BCUT2D eigenvalue weighted by Gasteiger charge is -2.04. The molecule has 0 aliphatic rings. The van der Waals surface area contributed by atoms with Gasteiger partial charge in [0.15, 0.2) is 0 Å². The van der Waals surface area contributed by atoms with Gasteiger partial charge in [-0.05, 0) is 47.5 Å². The Kier molecular flexibility index (Phi) is 5.12. The van der Waals surface area contributed by atoms with Crippen molar-refractivity contribution in [3.05, 3.63) is 84.4 Å². The van der Waals surface area contributed by atoms with Crippen molar-refractivity contribution in [2.24, 2.45) is 0 Å². The quantitative estimate of drug-likeness (QED) is 0.515. The van der Waals surface area contributed by atoms with Crippen LogP contribution >= 0.6 is 11.3 Å². The summed E-state index contributed by atoms with van der Waals surface area (Å²) >= 11 is 1.33. The summed E-state index contributed by atoms with van der Waals surface area (Å²) in [6.45, 7) is 0. The summed E-state index contributed by atoms with van der Waals surface area (Å²) in [5.41, 5.74) is 3.67. The van der Waals surface area contributed by atoms with Gasteiger partial charge in [-0.25, -0.2) is 0 Å². The van der Waals surface area contributed by atoms with Gasteiger partial charge in [-0.1, -0.05) is 53.8 Å². The molecule has 4 aromatic rings. The summed E-state index contributed by atoms with van der Waals surface area (Å²) in [6.07, 6.45) is 0. The summed E-state index contributed by atoms with van der Waals surface area (Å²) in [7, 11) is 1.62. The van der Waals surface area contributed by atoms with Crippen molar-refractivity contribution < 1.29 is 9.53 Å². The van der Waals surface area contributed by atoms with E-state index in [2.05, 4.69) is 15.5 Å². The number of hydrogen-bond donors (Lipinski definition) is 1. The second-order valence-corrected chi connectivity index (χ2v) is 7.02. The molecular formula is C22H17N3O2S. The fourth-order valence-electron chi connectivity index (χ4n) is 2.74. The molecule has 0 fully saturated rings. The molecule has 5 nitrogen and oxygen atoms in total. The van der Waals surface area contributed by atoms with Gasteiger partial charge in [0.1, 0.15) is 10.8 Å². The van der Waals surface area contributed by atoms with Gasteiger partial charge in [-0.15, -0.1) is 10.2 Å². The minimum Gasteiger partial charge on any atom is -0.497 e. The van der Waals surface area contributed by atoms with Crippen molar-refractivity contribution in [2.75, 3.05) is 12.4 Å². The third-order valence-electron chi connectivity index (χ3n) is 4.24. The predicted molar refractivity (Wildman–Crippen MR) is 112 cm³/mol. The minimum atomic E-state index is -0.211. The fourth-order valence-corrected chi connectivity index (χ4v) is 3.48. The summed E-state index contributed by atoms with van der Waals surface area (Å²) in [5, 5.41) is 12.2. The van der Waals surface area contributed by atoms with E-state index in [4.69, 9.17) is 4.74 Å². The van der Waals surface area contributed by atoms with Crippen molar-refractivity contribution in [3.63, 3.8) is 0 Å². The molecule has 28 heavy (non-hydrogen) atoms. The molecule has 138 valence electrons. The van der Waals surface area contributed by atoms with Crippen LogP contribution in [-0.2, 0) is 0 Å². The van der Waals surface area contributed by atoms with E-state index in [9.17, 15) is 4.79 Å². The van der Waals surface area contributed by atoms with Crippen molar-refractivity contribution in [1.29, 1.82) is 0 Å². The van der Waals surface area contributed by atoms with Crippen LogP contribution in [-0.4, -0.2) is 23.2 Å². The standard InChI is InChI=1S/C22H17N3O2S/c1-27-19-13-11-18(12-14-19)21-24-25-22(28-21)23-20(26)17-9-7-16(8-10-17)15-5-3-2-4-6-15/h2-14H,1H3,(H,23,25,26). The summed E-state index contributed by atoms with van der Waals surface area (Å²) in [4.78, 5) is 12.5. The van der Waals surface area contributed by atoms with Gasteiger partial charge in [0.25, 0.3) is 5.91 Å². The highest BCUT2D eigenvalue weighted by molar-refractivity contribution is 7.18. The molecule has 0 atom stereocenters. The third-order valence-corrected chi connectivity index (χ3v) is 5.12. The molecule has 0 aliphatic heterocycles. The van der Waals surface area contributed by atoms with Gasteiger partial charge in [0, 0.05) is 11.1 Å². The van der Waals surface area contributed by atoms with Crippen molar-refractivity contribution in [2.45, 2.75) is 0 Å². The highest BCUT2D eigenvalue weighted by Gasteiger charge is 2.12. The highest BCUT2D eigenvalue weighted by atomic mass is 32.1. The molecule has 0 unspecified atom stereocenters. The van der Waals surface area contributed by atoms with E-state index in [0.717, 1.165) is 27.4 Å². The number of anilines is 1. The Labute approximate surface area is 166 Å². The number of aromatic nitrogens is 2. The zero-order valence-corrected chi connectivity index (χ0v) is 15.9. The topological polar surface area (TPSA) is 64.1 Å². The molecule has 1 N–H and O–H groups in total. The van der Waals surface area contributed by atoms with E-state index in [0.29, 0.717) is 10.7 Å². The van der Waals surface area contributed by atoms with E-state index >= 15 is 0 Å². The van der Waals surface area contributed by atoms with Gasteiger partial charge < -0.3 is 4.74 Å². The molecule has 4 rings (SSSR count). The first kappa shape index (κ1) is 17.9. The van der Waals surface area contributed by atoms with Crippen LogP contribution < -0.4 is 10.1 Å². The Bertz CT molecular complexity index is 1070. The van der Waals surface area contributed by atoms with Gasteiger partial charge in [0.05, 0.1) is 7.11 Å². The van der Waals surface area contributed by atoms with Crippen LogP contribution in [0.2, 0.25) is 0 Å². The average Bonchev–Trinajstić information content (AvgIpc) is 3.23. The molecular weight excluding hydrogens is 370 g/mol. The number of amides is 1. The Morgan fingerprint density at radius 3 is 2.14 bits per heavy atom. The molecule has 6 heteroatoms. The maximum Gasteiger partial charge on any atom is 0.257 e. The van der Waals surface area contributed by atoms with Crippen LogP contribution in [0.4, 0.5) is 5.13 Å². The average molecular weight is 387 g/mol. The Morgan fingerprint density at radius 2 is 1.46 bits per heavy atom. The van der Waals surface area contributed by atoms with E-state index in [1.807, 2.05) is 78.9 Å². The summed E-state index contributed by atoms with van der Waals surface area (Å²) in [5.74, 6) is 0.567. The van der Waals surface area contributed by atoms with Crippen molar-refractivity contribution in [1.82, 2.24) is 10.2 Å². The lowest BCUT2D eigenvalue weighted by Crippen LogP contribution is -2.11. The second kappa shape index (κ2) is 8.02. The number of methoxy groups -OCH3 is 1. The monoisotopic (exact) mass is 387 g/mol. The number of rotatable bonds is 5. The SMILES string of the molecule is COc1ccc(-c2nnc(NC(=O)c3ccc(-c4ccccc4)cc3)s2)cc1. The summed E-state index contributed by atoms with van der Waals surface area (Å²) < 4.78 is 5.16. The van der Waals surface area contributed by atoms with E-state index in [-0.39, 0.29) is 5.91 Å². The Balaban J connectivity index is 1.46. The van der Waals surface area contributed by atoms with Crippen molar-refractivity contribution in [3.8, 4) is 27.4 Å². The van der Waals surface area contributed by atoms with Crippen LogP contribution in [0.1, 0.15) is 10.4 Å². The lowest BCUT2D eigenvalue weighted by molar-refractivity contribution is 0.102. The molecule has 3 aromatic carbocycles. The predicted octanol–water partition coefficient (Wildman–Crippen LogP) is 5.13. The van der Waals surface area contributed by atoms with Crippen LogP contribution in [0.3, 0.4) is 0 Å². The second-order valence-electron chi connectivity index (χ2n) is 6.04. The number of benzene rings is 3. The smallest absolute Gasteiger partial charge is 0.257 e. The Morgan fingerprint density at radius 1 is 0.821 bits per heavy atom. The molecule has 1 aromatic heterocycles. The van der Waals surface area contributed by atoms with E-state index < -0.39 is 0 Å². The third kappa shape index (κ3) is 3.92. The van der Waals surface area contributed by atoms with Gasteiger partial charge in [-0.3, -0.25) is 10.1 Å².